The molecule has 0 bridgehead atoms. The van der Waals surface area contributed by atoms with Crippen molar-refractivity contribution in [2.75, 3.05) is 25.5 Å². The molecule has 5 rings (SSSR count). The smallest absolute Gasteiger partial charge is 0.407 e. The predicted octanol–water partition coefficient (Wildman–Crippen LogP) is 5.41. The van der Waals surface area contributed by atoms with Crippen molar-refractivity contribution in [1.29, 1.82) is 0 Å². The number of primary amides is 1. The molecule has 1 unspecified atom stereocenters. The first-order valence-electron chi connectivity index (χ1n) is 26.1. The van der Waals surface area contributed by atoms with Crippen molar-refractivity contribution >= 4 is 65.0 Å². The van der Waals surface area contributed by atoms with Gasteiger partial charge in [-0.2, -0.15) is 0 Å². The molecule has 21 nitrogen and oxygen atoms in total. The molecule has 1 fully saturated rings. The second-order valence-electron chi connectivity index (χ2n) is 21.0. The Balaban J connectivity index is 1.17. The van der Waals surface area contributed by atoms with Gasteiger partial charge in [-0.25, -0.2) is 14.4 Å². The predicted molar refractivity (Wildman–Crippen MR) is 290 cm³/mol. The summed E-state index contributed by atoms with van der Waals surface area (Å²) in [5, 5.41) is 16.5. The molecule has 0 aliphatic carbocycles. The zero-order valence-electron chi connectivity index (χ0n) is 45.5. The van der Waals surface area contributed by atoms with Gasteiger partial charge in [0.2, 0.25) is 23.6 Å². The summed E-state index contributed by atoms with van der Waals surface area (Å²) >= 11 is 6.37. The lowest BCUT2D eigenvalue weighted by atomic mass is 9.92. The first-order valence-corrected chi connectivity index (χ1v) is 26.4. The lowest BCUT2D eigenvalue weighted by Crippen LogP contribution is -2.51. The molecule has 3 aromatic rings. The molecule has 1 saturated heterocycles. The summed E-state index contributed by atoms with van der Waals surface area (Å²) < 4.78 is 28.8. The number of nitrogens with one attached hydrogen (secondary N) is 6. The van der Waals surface area contributed by atoms with E-state index in [0.29, 0.717) is 34.0 Å². The number of hydrogen-bond donors (Lipinski definition) is 8. The summed E-state index contributed by atoms with van der Waals surface area (Å²) in [5.74, 6) is -3.68. The monoisotopic (exact) mass is 1100 g/mol. The summed E-state index contributed by atoms with van der Waals surface area (Å²) in [5.41, 5.74) is 13.2. The number of methoxy groups -OCH3 is 1. The van der Waals surface area contributed by atoms with Crippen molar-refractivity contribution in [3.8, 4) is 5.75 Å². The summed E-state index contributed by atoms with van der Waals surface area (Å²) in [6.07, 6.45) is 0.310. The van der Waals surface area contributed by atoms with E-state index in [4.69, 9.17) is 46.8 Å². The molecule has 2 aliphatic heterocycles. The molecule has 78 heavy (non-hydrogen) atoms. The van der Waals surface area contributed by atoms with Crippen LogP contribution in [0.4, 0.5) is 15.3 Å². The summed E-state index contributed by atoms with van der Waals surface area (Å²) in [4.78, 5) is 104. The van der Waals surface area contributed by atoms with Crippen LogP contribution in [0.3, 0.4) is 0 Å². The SMILES string of the molecule is COc1ccc(C[C@H]2NC(=O)/C=C/CC([C@H](C)[C@H]3O[C@@H]3c3ccc(CNC(=O)OCc4ccc(NC(=O)[C@H](CCCNC(N)=O)NC(=O)[C@@H](N)C(C)C)cc4)cc3)OC(=O)[C@H](CC(C)C)OC(=O)C(C)(C)CNC2=O)cc1Cl. The number of hydrogen-bond acceptors (Lipinski definition) is 14. The van der Waals surface area contributed by atoms with Crippen LogP contribution in [-0.4, -0.2) is 104 Å². The highest BCUT2D eigenvalue weighted by molar-refractivity contribution is 6.32. The van der Waals surface area contributed by atoms with Gasteiger partial charge in [-0.05, 0) is 97.5 Å². The Bertz CT molecular complexity index is 2610. The molecule has 7 amide bonds. The van der Waals surface area contributed by atoms with Gasteiger partial charge in [0.15, 0.2) is 6.10 Å². The number of urea groups is 1. The van der Waals surface area contributed by atoms with Crippen LogP contribution in [0.15, 0.2) is 78.9 Å². The van der Waals surface area contributed by atoms with Crippen molar-refractivity contribution < 1.29 is 62.0 Å². The van der Waals surface area contributed by atoms with Crippen molar-refractivity contribution in [1.82, 2.24) is 26.6 Å². The highest BCUT2D eigenvalue weighted by Gasteiger charge is 2.48. The van der Waals surface area contributed by atoms with Crippen LogP contribution in [0.25, 0.3) is 0 Å². The van der Waals surface area contributed by atoms with Gasteiger partial charge < -0.3 is 67.1 Å². The quantitative estimate of drug-likeness (QED) is 0.0287. The number of alkyl carbamates (subject to hydrolysis) is 1. The van der Waals surface area contributed by atoms with Crippen LogP contribution in [0.2, 0.25) is 5.02 Å². The molecule has 0 spiro atoms. The Hall–Kier alpha value is -7.23. The van der Waals surface area contributed by atoms with Gasteiger partial charge in [-0.3, -0.25) is 24.0 Å². The van der Waals surface area contributed by atoms with E-state index in [-0.39, 0.29) is 69.9 Å². The summed E-state index contributed by atoms with van der Waals surface area (Å²) in [6, 6.07) is 15.6. The molecular formula is C56H75ClN8O13. The molecule has 0 saturated carbocycles. The molecule has 2 aliphatic rings. The number of carbonyl (C=O) groups is 8. The third kappa shape index (κ3) is 19.0. The number of epoxide rings is 1. The van der Waals surface area contributed by atoms with Crippen LogP contribution >= 0.6 is 11.6 Å². The van der Waals surface area contributed by atoms with Gasteiger partial charge in [0, 0.05) is 44.1 Å². The fraction of sp³-hybridized carbons (Fsp3) is 0.500. The van der Waals surface area contributed by atoms with E-state index >= 15 is 0 Å². The minimum atomic E-state index is -1.27. The van der Waals surface area contributed by atoms with Crippen LogP contribution in [-0.2, 0) is 67.3 Å². The maximum absolute atomic E-state index is 13.9. The summed E-state index contributed by atoms with van der Waals surface area (Å²) in [7, 11) is 1.49. The maximum Gasteiger partial charge on any atom is 0.407 e. The molecule has 2 heterocycles. The van der Waals surface area contributed by atoms with E-state index in [1.165, 1.54) is 13.2 Å². The highest BCUT2D eigenvalue weighted by atomic mass is 35.5. The van der Waals surface area contributed by atoms with Crippen molar-refractivity contribution in [3.05, 3.63) is 106 Å². The number of ether oxygens (including phenoxy) is 5. The average Bonchev–Trinajstić information content (AvgIpc) is 4.21. The largest absolute Gasteiger partial charge is 0.495 e. The second kappa shape index (κ2) is 28.9. The van der Waals surface area contributed by atoms with Gasteiger partial charge in [0.1, 0.15) is 36.6 Å². The van der Waals surface area contributed by atoms with Crippen LogP contribution in [0.5, 0.6) is 5.75 Å². The normalized spacial score (nSPS) is 21.3. The third-order valence-electron chi connectivity index (χ3n) is 13.2. The second-order valence-corrected chi connectivity index (χ2v) is 21.4. The average molecular weight is 1100 g/mol. The number of halogens is 1. The topological polar surface area (TPSA) is 310 Å². The van der Waals surface area contributed by atoms with Gasteiger partial charge in [0.05, 0.1) is 29.7 Å². The minimum absolute atomic E-state index is 0.0551. The molecule has 3 aromatic carbocycles. The molecule has 424 valence electrons. The van der Waals surface area contributed by atoms with Crippen molar-refractivity contribution in [2.45, 2.75) is 136 Å². The highest BCUT2D eigenvalue weighted by Crippen LogP contribution is 2.45. The molecule has 0 aromatic heterocycles. The number of anilines is 1. The fourth-order valence-corrected chi connectivity index (χ4v) is 8.57. The molecule has 0 radical (unpaired) electrons. The zero-order chi connectivity index (χ0) is 57.3. The molecule has 8 atom stereocenters. The van der Waals surface area contributed by atoms with E-state index in [1.54, 1.807) is 76.2 Å². The Morgan fingerprint density at radius 2 is 1.56 bits per heavy atom. The Labute approximate surface area is 460 Å². The van der Waals surface area contributed by atoms with Crippen molar-refractivity contribution in [2.24, 2.45) is 34.6 Å². The van der Waals surface area contributed by atoms with E-state index in [9.17, 15) is 38.4 Å². The van der Waals surface area contributed by atoms with Crippen LogP contribution in [0.1, 0.15) is 103 Å². The number of benzene rings is 3. The summed E-state index contributed by atoms with van der Waals surface area (Å²) in [6.45, 7) is 12.6. The zero-order valence-corrected chi connectivity index (χ0v) is 46.2. The minimum Gasteiger partial charge on any atom is -0.495 e. The van der Waals surface area contributed by atoms with Gasteiger partial charge in [-0.15, -0.1) is 0 Å². The van der Waals surface area contributed by atoms with Gasteiger partial charge in [0.25, 0.3) is 0 Å². The first kappa shape index (κ1) is 61.6. The Morgan fingerprint density at radius 3 is 2.21 bits per heavy atom. The molecule has 22 heteroatoms. The lowest BCUT2D eigenvalue weighted by molar-refractivity contribution is -0.179. The number of carbonyl (C=O) groups excluding carboxylic acids is 8. The lowest BCUT2D eigenvalue weighted by Gasteiger charge is -2.29. The van der Waals surface area contributed by atoms with Gasteiger partial charge in [-0.1, -0.05) is 94.8 Å². The standard InChI is InChI=1S/C56H75ClN8O13/c1-31(2)25-44-52(70)76-42(12-9-13-45(66)64-41(27-36-18-23-43(74-8)39(57)26-36)49(67)62-30-56(6,7)53(71)77-44)33(5)47-48(78-47)37-19-14-34(15-20-37)28-61-55(73)75-29-35-16-21-38(22-17-35)63-50(68)40(11-10-24-60-54(59)72)65-51(69)46(58)32(3)4/h9,13-23,26,31-33,40-42,44,46-48H,10-12,24-25,27-30,58H2,1-8H3,(H,61,73)(H,62,67)(H,63,68)(H,64,66)(H,65,69)(H3,59,60,72)/b13-9+/t33-,40-,41+,42?,44-,46-,47+,48+/m0/s1. The van der Waals surface area contributed by atoms with E-state index in [1.807, 2.05) is 45.0 Å². The van der Waals surface area contributed by atoms with Gasteiger partial charge >= 0.3 is 24.1 Å². The number of rotatable bonds is 21. The Kier molecular flexibility index (Phi) is 22.9. The van der Waals surface area contributed by atoms with Crippen molar-refractivity contribution in [3.63, 3.8) is 0 Å². The number of cyclic esters (lactones) is 2. The van der Waals surface area contributed by atoms with Crippen LogP contribution in [0, 0.1) is 23.2 Å². The fourth-order valence-electron chi connectivity index (χ4n) is 8.29. The number of esters is 2. The van der Waals surface area contributed by atoms with Crippen LogP contribution < -0.4 is 48.1 Å². The number of nitrogens with two attached hydrogens (primary N) is 2. The van der Waals surface area contributed by atoms with E-state index in [0.717, 1.165) is 11.1 Å². The first-order chi connectivity index (χ1) is 36.9. The molecular weight excluding hydrogens is 1030 g/mol. The third-order valence-corrected chi connectivity index (χ3v) is 13.5. The Morgan fingerprint density at radius 1 is 0.885 bits per heavy atom. The van der Waals surface area contributed by atoms with E-state index < -0.39 is 95.5 Å². The molecule has 10 N–H and O–H groups in total. The number of amides is 7. The maximum atomic E-state index is 13.9. The van der Waals surface area contributed by atoms with E-state index in [2.05, 4.69) is 31.9 Å².